The number of anilines is 1. The zero-order valence-electron chi connectivity index (χ0n) is 20.6. The summed E-state index contributed by atoms with van der Waals surface area (Å²) >= 11 is 1.21. The van der Waals surface area contributed by atoms with Gasteiger partial charge in [-0.15, -0.1) is 10.2 Å². The summed E-state index contributed by atoms with van der Waals surface area (Å²) in [5, 5.41) is 8.43. The summed E-state index contributed by atoms with van der Waals surface area (Å²) in [5.41, 5.74) is 2.34. The summed E-state index contributed by atoms with van der Waals surface area (Å²) in [6, 6.07) is 25.2. The lowest BCUT2D eigenvalue weighted by atomic mass is 10.2. The Balaban J connectivity index is 1.10. The Morgan fingerprint density at radius 2 is 1.53 bits per heavy atom. The van der Waals surface area contributed by atoms with Crippen LogP contribution < -0.4 is 4.72 Å². The number of nitrogens with zero attached hydrogens (tertiary/aromatic N) is 4. The summed E-state index contributed by atoms with van der Waals surface area (Å²) in [6.45, 7) is 3.96. The van der Waals surface area contributed by atoms with Crippen LogP contribution in [0.2, 0.25) is 0 Å². The third-order valence-corrected chi connectivity index (χ3v) is 8.34. The maximum atomic E-state index is 12.7. The number of carbonyl (C=O) groups excluding carboxylic acids is 1. The molecule has 0 atom stereocenters. The van der Waals surface area contributed by atoms with Crippen molar-refractivity contribution in [2.45, 2.75) is 16.7 Å². The van der Waals surface area contributed by atoms with Crippen LogP contribution in [0.3, 0.4) is 0 Å². The Morgan fingerprint density at radius 1 is 0.868 bits per heavy atom. The second-order valence-corrected chi connectivity index (χ2v) is 11.4. The molecule has 1 saturated heterocycles. The Morgan fingerprint density at radius 3 is 2.21 bits per heavy atom. The number of thioether (sulfide) groups is 1. The fourth-order valence-electron chi connectivity index (χ4n) is 4.09. The third kappa shape index (κ3) is 6.60. The predicted molar refractivity (Wildman–Crippen MR) is 146 cm³/mol. The number of rotatable bonds is 9. The number of benzene rings is 3. The summed E-state index contributed by atoms with van der Waals surface area (Å²) in [6.07, 6.45) is 0. The van der Waals surface area contributed by atoms with Gasteiger partial charge < -0.3 is 9.32 Å². The first kappa shape index (κ1) is 26.0. The van der Waals surface area contributed by atoms with Gasteiger partial charge in [0.25, 0.3) is 15.2 Å². The van der Waals surface area contributed by atoms with Crippen molar-refractivity contribution in [2.24, 2.45) is 0 Å². The molecule has 2 heterocycles. The highest BCUT2D eigenvalue weighted by atomic mass is 32.2. The molecule has 0 unspecified atom stereocenters. The van der Waals surface area contributed by atoms with Gasteiger partial charge in [-0.2, -0.15) is 0 Å². The number of sulfonamides is 1. The van der Waals surface area contributed by atoms with Crippen LogP contribution in [0.5, 0.6) is 0 Å². The molecule has 1 aliphatic heterocycles. The van der Waals surface area contributed by atoms with E-state index in [0.717, 1.165) is 19.6 Å². The van der Waals surface area contributed by atoms with Crippen molar-refractivity contribution >= 4 is 33.4 Å². The fourth-order valence-corrected chi connectivity index (χ4v) is 5.84. The van der Waals surface area contributed by atoms with Gasteiger partial charge in [0.05, 0.1) is 10.6 Å². The maximum Gasteiger partial charge on any atom is 0.277 e. The molecule has 11 heteroatoms. The number of carbonyl (C=O) groups is 1. The average molecular weight is 550 g/mol. The van der Waals surface area contributed by atoms with Gasteiger partial charge in [0.2, 0.25) is 11.8 Å². The number of amides is 1. The Hall–Kier alpha value is -3.67. The largest absolute Gasteiger partial charge is 0.411 e. The highest BCUT2D eigenvalue weighted by Gasteiger charge is 2.22. The van der Waals surface area contributed by atoms with Gasteiger partial charge >= 0.3 is 0 Å². The quantitative estimate of drug-likeness (QED) is 0.313. The maximum absolute atomic E-state index is 12.7. The van der Waals surface area contributed by atoms with Crippen molar-refractivity contribution in [3.05, 3.63) is 90.5 Å². The van der Waals surface area contributed by atoms with Crippen LogP contribution in [-0.2, 0) is 21.4 Å². The second-order valence-electron chi connectivity index (χ2n) is 8.80. The average Bonchev–Trinajstić information content (AvgIpc) is 3.42. The van der Waals surface area contributed by atoms with Crippen molar-refractivity contribution in [1.82, 2.24) is 20.0 Å². The standard InChI is InChI=1S/C27H27N5O4S2/c33-25(32-17-15-31(16-18-32)19-21-7-3-1-4-8-21)20-37-27-29-28-26(36-27)22-11-13-23(14-12-22)30-38(34,35)24-9-5-2-6-10-24/h1-14,30H,15-20H2. The molecule has 1 aliphatic rings. The number of hydrogen-bond acceptors (Lipinski definition) is 8. The molecule has 0 saturated carbocycles. The lowest BCUT2D eigenvalue weighted by Gasteiger charge is -2.34. The van der Waals surface area contributed by atoms with Crippen molar-refractivity contribution in [3.8, 4) is 11.5 Å². The van der Waals surface area contributed by atoms with Crippen LogP contribution in [0.25, 0.3) is 11.5 Å². The van der Waals surface area contributed by atoms with Gasteiger partial charge in [0.15, 0.2) is 0 Å². The molecule has 1 fully saturated rings. The molecule has 196 valence electrons. The lowest BCUT2D eigenvalue weighted by molar-refractivity contribution is -0.130. The SMILES string of the molecule is O=C(CSc1nnc(-c2ccc(NS(=O)(=O)c3ccccc3)cc2)o1)N1CCN(Cc2ccccc2)CC1. The molecule has 0 spiro atoms. The lowest BCUT2D eigenvalue weighted by Crippen LogP contribution is -2.48. The molecule has 1 N–H and O–H groups in total. The molecule has 0 radical (unpaired) electrons. The van der Waals surface area contributed by atoms with Crippen molar-refractivity contribution in [2.75, 3.05) is 36.7 Å². The van der Waals surface area contributed by atoms with E-state index < -0.39 is 10.0 Å². The van der Waals surface area contributed by atoms with E-state index in [1.54, 1.807) is 42.5 Å². The van der Waals surface area contributed by atoms with Crippen LogP contribution >= 0.6 is 11.8 Å². The van der Waals surface area contributed by atoms with E-state index in [0.29, 0.717) is 35.5 Å². The molecule has 0 aliphatic carbocycles. The zero-order valence-corrected chi connectivity index (χ0v) is 22.2. The number of piperazine rings is 1. The summed E-state index contributed by atoms with van der Waals surface area (Å²) in [5.74, 6) is 0.566. The molecular formula is C27H27N5O4S2. The van der Waals surface area contributed by atoms with Crippen LogP contribution in [-0.4, -0.2) is 66.3 Å². The minimum absolute atomic E-state index is 0.0455. The van der Waals surface area contributed by atoms with Gasteiger partial charge in [-0.05, 0) is 42.0 Å². The van der Waals surface area contributed by atoms with Crippen LogP contribution in [0, 0.1) is 0 Å². The molecule has 5 rings (SSSR count). The van der Waals surface area contributed by atoms with E-state index in [1.807, 2.05) is 23.1 Å². The highest BCUT2D eigenvalue weighted by Crippen LogP contribution is 2.25. The number of hydrogen-bond donors (Lipinski definition) is 1. The second kappa shape index (κ2) is 11.8. The molecule has 38 heavy (non-hydrogen) atoms. The summed E-state index contributed by atoms with van der Waals surface area (Å²) in [7, 11) is -3.67. The molecule has 3 aromatic carbocycles. The van der Waals surface area contributed by atoms with E-state index in [9.17, 15) is 13.2 Å². The highest BCUT2D eigenvalue weighted by molar-refractivity contribution is 7.99. The van der Waals surface area contributed by atoms with Crippen LogP contribution in [0.15, 0.2) is 99.5 Å². The Kier molecular flexibility index (Phi) is 8.06. The van der Waals surface area contributed by atoms with Gasteiger partial charge in [-0.3, -0.25) is 14.4 Å². The van der Waals surface area contributed by atoms with E-state index >= 15 is 0 Å². The van der Waals surface area contributed by atoms with Crippen molar-refractivity contribution < 1.29 is 17.6 Å². The molecule has 0 bridgehead atoms. The Bertz CT molecular complexity index is 1450. The minimum Gasteiger partial charge on any atom is -0.411 e. The monoisotopic (exact) mass is 549 g/mol. The number of nitrogens with one attached hydrogen (secondary N) is 1. The first-order valence-electron chi connectivity index (χ1n) is 12.1. The third-order valence-electron chi connectivity index (χ3n) is 6.14. The molecule has 1 amide bonds. The predicted octanol–water partition coefficient (Wildman–Crippen LogP) is 3.97. The fraction of sp³-hybridized carbons (Fsp3) is 0.222. The van der Waals surface area contributed by atoms with Gasteiger partial charge in [0.1, 0.15) is 0 Å². The van der Waals surface area contributed by atoms with E-state index in [1.165, 1.54) is 29.5 Å². The smallest absolute Gasteiger partial charge is 0.277 e. The molecule has 9 nitrogen and oxygen atoms in total. The van der Waals surface area contributed by atoms with E-state index in [2.05, 4.69) is 32.0 Å². The van der Waals surface area contributed by atoms with E-state index in [4.69, 9.17) is 4.42 Å². The van der Waals surface area contributed by atoms with Crippen molar-refractivity contribution in [1.29, 1.82) is 0 Å². The first-order valence-corrected chi connectivity index (χ1v) is 14.6. The first-order chi connectivity index (χ1) is 18.5. The van der Waals surface area contributed by atoms with Crippen LogP contribution in [0.1, 0.15) is 5.56 Å². The van der Waals surface area contributed by atoms with Gasteiger partial charge in [-0.1, -0.05) is 60.3 Å². The van der Waals surface area contributed by atoms with Gasteiger partial charge in [0, 0.05) is 44.0 Å². The van der Waals surface area contributed by atoms with Crippen LogP contribution in [0.4, 0.5) is 5.69 Å². The van der Waals surface area contributed by atoms with E-state index in [-0.39, 0.29) is 16.6 Å². The Labute approximate surface area is 225 Å². The summed E-state index contributed by atoms with van der Waals surface area (Å²) in [4.78, 5) is 17.1. The molecular weight excluding hydrogens is 522 g/mol. The topological polar surface area (TPSA) is 109 Å². The number of aromatic nitrogens is 2. The minimum atomic E-state index is -3.67. The zero-order chi connectivity index (χ0) is 26.4. The summed E-state index contributed by atoms with van der Waals surface area (Å²) < 4.78 is 33.3. The normalized spacial score (nSPS) is 14.4. The van der Waals surface area contributed by atoms with Gasteiger partial charge in [-0.25, -0.2) is 8.42 Å². The van der Waals surface area contributed by atoms with Crippen molar-refractivity contribution in [3.63, 3.8) is 0 Å². The molecule has 1 aromatic heterocycles. The molecule has 4 aromatic rings.